The lowest BCUT2D eigenvalue weighted by Gasteiger charge is -2.18. The van der Waals surface area contributed by atoms with Gasteiger partial charge in [0.05, 0.1) is 0 Å². The Bertz CT molecular complexity index is 1200. The van der Waals surface area contributed by atoms with Crippen molar-refractivity contribution in [1.29, 1.82) is 0 Å². The monoisotopic (exact) mass is 1090 g/mol. The number of hydrogen-bond donors (Lipinski definition) is 0. The molecule has 0 bridgehead atoms. The second-order valence-corrected chi connectivity index (χ2v) is 26.0. The van der Waals surface area contributed by atoms with E-state index in [-0.39, 0.29) is 31.1 Å². The summed E-state index contributed by atoms with van der Waals surface area (Å²) in [4.78, 5) is 38.5. The summed E-state index contributed by atoms with van der Waals surface area (Å²) in [5.74, 6) is 1.74. The minimum atomic E-state index is -0.765. The molecule has 0 heterocycles. The van der Waals surface area contributed by atoms with E-state index >= 15 is 0 Å². The van der Waals surface area contributed by atoms with Crippen molar-refractivity contribution in [3.63, 3.8) is 0 Å². The van der Waals surface area contributed by atoms with Gasteiger partial charge in [0.15, 0.2) is 6.10 Å². The fraction of sp³-hybridized carbons (Fsp3) is 0.958. The summed E-state index contributed by atoms with van der Waals surface area (Å²) in [7, 11) is 0. The molecule has 458 valence electrons. The third-order valence-electron chi connectivity index (χ3n) is 16.4. The van der Waals surface area contributed by atoms with E-state index in [1.807, 2.05) is 0 Å². The van der Waals surface area contributed by atoms with Crippen LogP contribution in [-0.4, -0.2) is 37.2 Å². The van der Waals surface area contributed by atoms with Crippen LogP contribution in [0, 0.1) is 17.8 Å². The third-order valence-corrected chi connectivity index (χ3v) is 16.4. The third kappa shape index (κ3) is 65.1. The number of hydrogen-bond acceptors (Lipinski definition) is 6. The van der Waals surface area contributed by atoms with Gasteiger partial charge in [-0.05, 0) is 37.0 Å². The molecule has 0 saturated heterocycles. The SMILES string of the molecule is CC(C)CCCCCCCCCCCCCCCCCCCCC(=O)OC[C@H](COC(=O)CCCCCCCCCCCCCCCCCCC(C)C)OC(=O)CCCCCCCCCCCCCCCCCCC(C)C. The fourth-order valence-electron chi connectivity index (χ4n) is 11.1. The van der Waals surface area contributed by atoms with E-state index in [9.17, 15) is 14.4 Å². The van der Waals surface area contributed by atoms with E-state index in [1.165, 1.54) is 283 Å². The van der Waals surface area contributed by atoms with Gasteiger partial charge in [-0.2, -0.15) is 0 Å². The highest BCUT2D eigenvalue weighted by molar-refractivity contribution is 5.71. The van der Waals surface area contributed by atoms with Crippen molar-refractivity contribution < 1.29 is 28.6 Å². The van der Waals surface area contributed by atoms with Crippen LogP contribution in [0.2, 0.25) is 0 Å². The van der Waals surface area contributed by atoms with Crippen LogP contribution < -0.4 is 0 Å². The predicted molar refractivity (Wildman–Crippen MR) is 335 cm³/mol. The van der Waals surface area contributed by atoms with Crippen LogP contribution in [0.25, 0.3) is 0 Å². The lowest BCUT2D eigenvalue weighted by atomic mass is 10.0. The Balaban J connectivity index is 4.28. The summed E-state index contributed by atoms with van der Waals surface area (Å²) in [5, 5.41) is 0. The Morgan fingerprint density at radius 1 is 0.221 bits per heavy atom. The van der Waals surface area contributed by atoms with Crippen LogP contribution in [0.5, 0.6) is 0 Å². The minimum absolute atomic E-state index is 0.0617. The molecule has 0 saturated carbocycles. The molecule has 0 aromatic carbocycles. The maximum Gasteiger partial charge on any atom is 0.306 e. The van der Waals surface area contributed by atoms with Crippen LogP contribution in [0.3, 0.4) is 0 Å². The first-order valence-corrected chi connectivity index (χ1v) is 35.1. The molecule has 0 aliphatic carbocycles. The van der Waals surface area contributed by atoms with E-state index in [0.29, 0.717) is 19.3 Å². The fourth-order valence-corrected chi connectivity index (χ4v) is 11.1. The van der Waals surface area contributed by atoms with Gasteiger partial charge in [0.2, 0.25) is 0 Å². The zero-order valence-corrected chi connectivity index (χ0v) is 53.3. The highest BCUT2D eigenvalue weighted by Gasteiger charge is 2.20. The molecule has 6 nitrogen and oxygen atoms in total. The van der Waals surface area contributed by atoms with Gasteiger partial charge in [0, 0.05) is 19.3 Å². The van der Waals surface area contributed by atoms with Gasteiger partial charge in [-0.1, -0.05) is 363 Å². The van der Waals surface area contributed by atoms with E-state index in [1.54, 1.807) is 0 Å². The first kappa shape index (κ1) is 75.4. The van der Waals surface area contributed by atoms with Crippen LogP contribution in [0.1, 0.15) is 401 Å². The Morgan fingerprint density at radius 3 is 0.558 bits per heavy atom. The maximum absolute atomic E-state index is 13.0. The summed E-state index contributed by atoms with van der Waals surface area (Å²) in [6.45, 7) is 13.9. The standard InChI is InChI=1S/C71H138O6/c1-65(2)57-51-45-39-33-27-21-15-9-7-8-10-18-24-30-36-42-48-54-60-69(72)75-63-68(77-71(74)62-56-50-44-38-32-26-20-14-12-17-23-29-35-41-47-53-59-67(5)6)64-76-70(73)61-55-49-43-37-31-25-19-13-11-16-22-28-34-40-46-52-58-66(3)4/h65-68H,7-64H2,1-6H3/t68-/m1/s1. The summed E-state index contributed by atoms with van der Waals surface area (Å²) in [5.41, 5.74) is 0. The molecule has 0 fully saturated rings. The second-order valence-electron chi connectivity index (χ2n) is 26.0. The lowest BCUT2D eigenvalue weighted by molar-refractivity contribution is -0.167. The number of ether oxygens (including phenoxy) is 3. The van der Waals surface area contributed by atoms with Gasteiger partial charge in [-0.25, -0.2) is 0 Å². The van der Waals surface area contributed by atoms with Crippen molar-refractivity contribution in [2.24, 2.45) is 17.8 Å². The largest absolute Gasteiger partial charge is 0.462 e. The van der Waals surface area contributed by atoms with Crippen LogP contribution in [0.15, 0.2) is 0 Å². The van der Waals surface area contributed by atoms with Crippen molar-refractivity contribution in [3.8, 4) is 0 Å². The number of carbonyl (C=O) groups excluding carboxylic acids is 3. The molecule has 0 spiro atoms. The molecule has 0 aromatic heterocycles. The first-order chi connectivity index (χ1) is 37.6. The van der Waals surface area contributed by atoms with E-state index in [2.05, 4.69) is 41.5 Å². The molecule has 77 heavy (non-hydrogen) atoms. The van der Waals surface area contributed by atoms with Crippen LogP contribution in [-0.2, 0) is 28.6 Å². The van der Waals surface area contributed by atoms with E-state index in [0.717, 1.165) is 75.5 Å². The van der Waals surface area contributed by atoms with Gasteiger partial charge in [0.25, 0.3) is 0 Å². The molecule has 0 N–H and O–H groups in total. The summed E-state index contributed by atoms with van der Waals surface area (Å²) < 4.78 is 17.0. The van der Waals surface area contributed by atoms with Crippen molar-refractivity contribution in [2.75, 3.05) is 13.2 Å². The molecule has 0 amide bonds. The predicted octanol–water partition coefficient (Wildman–Crippen LogP) is 23.8. The molecular weight excluding hydrogens is 949 g/mol. The number of carbonyl (C=O) groups is 3. The van der Waals surface area contributed by atoms with Gasteiger partial charge in [-0.15, -0.1) is 0 Å². The van der Waals surface area contributed by atoms with E-state index < -0.39 is 6.10 Å². The van der Waals surface area contributed by atoms with Gasteiger partial charge >= 0.3 is 17.9 Å². The molecule has 0 rings (SSSR count). The summed E-state index contributed by atoms with van der Waals surface area (Å²) in [6, 6.07) is 0. The van der Waals surface area contributed by atoms with Crippen LogP contribution >= 0.6 is 0 Å². The van der Waals surface area contributed by atoms with Crippen LogP contribution in [0.4, 0.5) is 0 Å². The van der Waals surface area contributed by atoms with Crippen molar-refractivity contribution in [3.05, 3.63) is 0 Å². The highest BCUT2D eigenvalue weighted by atomic mass is 16.6. The first-order valence-electron chi connectivity index (χ1n) is 35.1. The Hall–Kier alpha value is -1.59. The maximum atomic E-state index is 13.0. The van der Waals surface area contributed by atoms with Crippen molar-refractivity contribution in [2.45, 2.75) is 407 Å². The zero-order valence-electron chi connectivity index (χ0n) is 53.3. The average molecular weight is 1090 g/mol. The lowest BCUT2D eigenvalue weighted by Crippen LogP contribution is -2.30. The number of esters is 3. The highest BCUT2D eigenvalue weighted by Crippen LogP contribution is 2.20. The molecule has 0 radical (unpaired) electrons. The van der Waals surface area contributed by atoms with Gasteiger partial charge < -0.3 is 14.2 Å². The number of unbranched alkanes of at least 4 members (excludes halogenated alkanes) is 47. The Kier molecular flexibility index (Phi) is 60.7. The smallest absolute Gasteiger partial charge is 0.306 e. The molecule has 6 heteroatoms. The Labute approximate surface area is 482 Å². The van der Waals surface area contributed by atoms with Crippen molar-refractivity contribution in [1.82, 2.24) is 0 Å². The molecule has 0 aromatic rings. The van der Waals surface area contributed by atoms with Gasteiger partial charge in [-0.3, -0.25) is 14.4 Å². The summed E-state index contributed by atoms with van der Waals surface area (Å²) >= 11 is 0. The average Bonchev–Trinajstić information content (AvgIpc) is 3.40. The minimum Gasteiger partial charge on any atom is -0.462 e. The molecule has 0 unspecified atom stereocenters. The van der Waals surface area contributed by atoms with Gasteiger partial charge in [0.1, 0.15) is 13.2 Å². The van der Waals surface area contributed by atoms with Crippen molar-refractivity contribution >= 4 is 17.9 Å². The van der Waals surface area contributed by atoms with E-state index in [4.69, 9.17) is 14.2 Å². The molecule has 1 atom stereocenters. The Morgan fingerprint density at radius 2 is 0.377 bits per heavy atom. The summed E-state index contributed by atoms with van der Waals surface area (Å²) in [6.07, 6.45) is 69.7. The normalized spacial score (nSPS) is 12.1. The quantitative estimate of drug-likeness (QED) is 0.0343. The molecular formula is C71H138O6. The molecule has 0 aliphatic rings. The number of rotatable bonds is 64. The zero-order chi connectivity index (χ0) is 56.2. The second kappa shape index (κ2) is 62.0. The molecule has 0 aliphatic heterocycles. The topological polar surface area (TPSA) is 78.9 Å².